The van der Waals surface area contributed by atoms with E-state index in [0.29, 0.717) is 0 Å². The van der Waals surface area contributed by atoms with Crippen LogP contribution in [0.5, 0.6) is 0 Å². The topological polar surface area (TPSA) is 56.1 Å². The Morgan fingerprint density at radius 2 is 2.22 bits per heavy atom. The summed E-state index contributed by atoms with van der Waals surface area (Å²) in [6.07, 6.45) is 3.50. The second-order valence-electron chi connectivity index (χ2n) is 5.53. The Hall–Kier alpha value is -0.730. The number of nitrogens with zero attached hydrogens (tertiary/aromatic N) is 2. The van der Waals surface area contributed by atoms with Gasteiger partial charge < -0.3 is 10.2 Å². The second kappa shape index (κ2) is 5.10. The molecule has 0 radical (unpaired) electrons. The molecule has 2 rings (SSSR count). The Labute approximate surface area is 113 Å². The minimum Gasteiger partial charge on any atom is -0.310 e. The predicted octanol–water partition coefficient (Wildman–Crippen LogP) is 1.72. The monoisotopic (exact) mass is 267 g/mol. The Kier molecular flexibility index (Phi) is 3.88. The maximum absolute atomic E-state index is 12.1. The lowest BCUT2D eigenvalue weighted by Crippen LogP contribution is -2.68. The quantitative estimate of drug-likeness (QED) is 0.609. The van der Waals surface area contributed by atoms with Crippen molar-refractivity contribution in [3.8, 4) is 6.07 Å². The van der Waals surface area contributed by atoms with E-state index in [1.54, 1.807) is 16.7 Å². The molecule has 0 aromatic carbocycles. The van der Waals surface area contributed by atoms with Gasteiger partial charge in [0.15, 0.2) is 0 Å². The van der Waals surface area contributed by atoms with Gasteiger partial charge in [0.2, 0.25) is 5.91 Å². The van der Waals surface area contributed by atoms with Gasteiger partial charge in [-0.1, -0.05) is 19.8 Å². The molecular weight excluding hydrogens is 246 g/mol. The number of nitriles is 1. The Morgan fingerprint density at radius 1 is 1.50 bits per heavy atom. The molecule has 0 saturated carbocycles. The number of thioether (sulfide) groups is 1. The van der Waals surface area contributed by atoms with Gasteiger partial charge in [-0.05, 0) is 26.8 Å². The number of amides is 1. The molecule has 1 amide bonds. The third-order valence-corrected chi connectivity index (χ3v) is 5.28. The number of carbonyl (C=O) groups excluding carboxylic acids is 1. The van der Waals surface area contributed by atoms with Gasteiger partial charge in [-0.3, -0.25) is 4.79 Å². The smallest absolute Gasteiger partial charge is 0.244 e. The third kappa shape index (κ3) is 2.12. The van der Waals surface area contributed by atoms with E-state index >= 15 is 0 Å². The molecule has 0 aromatic rings. The number of rotatable bonds is 5. The molecule has 1 N–H and O–H groups in total. The highest BCUT2D eigenvalue weighted by Gasteiger charge is 2.61. The fraction of sp³-hybridized carbons (Fsp3) is 0.846. The summed E-state index contributed by atoms with van der Waals surface area (Å²) in [4.78, 5) is 13.8. The Balaban J connectivity index is 1.92. The van der Waals surface area contributed by atoms with Crippen molar-refractivity contribution < 1.29 is 4.79 Å². The number of nitrogens with one attached hydrogen (secondary N) is 1. The molecule has 5 heteroatoms. The molecule has 0 bridgehead atoms. The molecule has 2 aliphatic heterocycles. The van der Waals surface area contributed by atoms with Crippen molar-refractivity contribution in [1.29, 1.82) is 5.26 Å². The lowest BCUT2D eigenvalue weighted by molar-refractivity contribution is -0.147. The normalized spacial score (nSPS) is 32.9. The molecule has 18 heavy (non-hydrogen) atoms. The highest BCUT2D eigenvalue weighted by Crippen LogP contribution is 2.50. The summed E-state index contributed by atoms with van der Waals surface area (Å²) in [6.45, 7) is 7.16. The molecule has 0 aliphatic carbocycles. The summed E-state index contributed by atoms with van der Waals surface area (Å²) < 4.78 is -0.158. The molecule has 2 fully saturated rings. The van der Waals surface area contributed by atoms with Crippen LogP contribution in [0.4, 0.5) is 0 Å². The fourth-order valence-electron chi connectivity index (χ4n) is 2.63. The third-order valence-electron chi connectivity index (χ3n) is 3.71. The minimum atomic E-state index is -0.284. The summed E-state index contributed by atoms with van der Waals surface area (Å²) in [5.41, 5.74) is 0. The number of β-lactam (4-membered cyclic amide) rings is 1. The molecule has 100 valence electrons. The zero-order valence-corrected chi connectivity index (χ0v) is 12.1. The van der Waals surface area contributed by atoms with Gasteiger partial charge >= 0.3 is 0 Å². The summed E-state index contributed by atoms with van der Waals surface area (Å²) in [7, 11) is 0. The van der Waals surface area contributed by atoms with Crippen molar-refractivity contribution in [3.05, 3.63) is 0 Å². The lowest BCUT2D eigenvalue weighted by Gasteiger charge is -2.43. The minimum absolute atomic E-state index is 0.0792. The molecule has 0 aromatic heterocycles. The molecule has 2 aliphatic rings. The lowest BCUT2D eigenvalue weighted by atomic mass is 9.97. The van der Waals surface area contributed by atoms with Crippen molar-refractivity contribution in [2.75, 3.05) is 6.54 Å². The largest absolute Gasteiger partial charge is 0.310 e. The van der Waals surface area contributed by atoms with Crippen LogP contribution in [-0.4, -0.2) is 39.6 Å². The van der Waals surface area contributed by atoms with E-state index < -0.39 is 0 Å². The van der Waals surface area contributed by atoms with Gasteiger partial charge in [0.05, 0.1) is 6.07 Å². The summed E-state index contributed by atoms with van der Waals surface area (Å²) in [6, 6.07) is 1.91. The summed E-state index contributed by atoms with van der Waals surface area (Å²) >= 11 is 1.75. The first-order valence-electron chi connectivity index (χ1n) is 6.66. The van der Waals surface area contributed by atoms with Gasteiger partial charge in [0, 0.05) is 4.75 Å². The summed E-state index contributed by atoms with van der Waals surface area (Å²) in [5, 5.41) is 12.7. The highest BCUT2D eigenvalue weighted by atomic mass is 32.2. The average molecular weight is 267 g/mol. The van der Waals surface area contributed by atoms with Gasteiger partial charge in [0.1, 0.15) is 17.5 Å². The predicted molar refractivity (Wildman–Crippen MR) is 73.0 cm³/mol. The first-order valence-corrected chi connectivity index (χ1v) is 7.54. The number of hydrogen-bond acceptors (Lipinski definition) is 4. The number of fused-ring (bicyclic) bond motifs is 1. The van der Waals surface area contributed by atoms with Crippen LogP contribution < -0.4 is 5.32 Å². The van der Waals surface area contributed by atoms with Gasteiger partial charge in [-0.2, -0.15) is 5.26 Å². The van der Waals surface area contributed by atoms with Crippen LogP contribution in [-0.2, 0) is 4.79 Å². The zero-order chi connectivity index (χ0) is 13.3. The van der Waals surface area contributed by atoms with Gasteiger partial charge in [-0.25, -0.2) is 0 Å². The highest BCUT2D eigenvalue weighted by molar-refractivity contribution is 8.01. The van der Waals surface area contributed by atoms with Crippen LogP contribution in [0.1, 0.15) is 40.0 Å². The van der Waals surface area contributed by atoms with Crippen molar-refractivity contribution in [2.45, 2.75) is 62.2 Å². The number of hydrogen-bond donors (Lipinski definition) is 1. The number of carbonyl (C=O) groups is 1. The maximum Gasteiger partial charge on any atom is 0.244 e. The van der Waals surface area contributed by atoms with Gasteiger partial charge in [0.25, 0.3) is 0 Å². The first kappa shape index (κ1) is 13.7. The molecule has 0 spiro atoms. The number of unbranched alkanes of at least 4 members (excludes halogenated alkanes) is 2. The van der Waals surface area contributed by atoms with Crippen molar-refractivity contribution in [2.24, 2.45) is 0 Å². The molecule has 2 saturated heterocycles. The van der Waals surface area contributed by atoms with E-state index in [2.05, 4.69) is 18.3 Å². The summed E-state index contributed by atoms with van der Waals surface area (Å²) in [5.74, 6) is 0.0983. The van der Waals surface area contributed by atoms with Crippen LogP contribution >= 0.6 is 11.8 Å². The van der Waals surface area contributed by atoms with Crippen LogP contribution in [0, 0.1) is 11.3 Å². The molecule has 2 heterocycles. The van der Waals surface area contributed by atoms with Crippen molar-refractivity contribution in [1.82, 2.24) is 10.2 Å². The van der Waals surface area contributed by atoms with E-state index in [-0.39, 0.29) is 28.1 Å². The zero-order valence-electron chi connectivity index (χ0n) is 11.3. The SMILES string of the molecule is CCCCCNC1C(=O)N2C(C#N)C(C)(C)S[C@@H]12. The maximum atomic E-state index is 12.1. The first-order chi connectivity index (χ1) is 8.53. The van der Waals surface area contributed by atoms with E-state index in [0.717, 1.165) is 13.0 Å². The van der Waals surface area contributed by atoms with Crippen molar-refractivity contribution in [3.63, 3.8) is 0 Å². The molecular formula is C13H21N3OS. The Morgan fingerprint density at radius 3 is 2.83 bits per heavy atom. The van der Waals surface area contributed by atoms with E-state index in [4.69, 9.17) is 0 Å². The fourth-order valence-corrected chi connectivity index (χ4v) is 4.24. The second-order valence-corrected chi connectivity index (χ2v) is 7.30. The standard InChI is InChI=1S/C13H21N3OS/c1-4-5-6-7-15-10-11(17)16-9(8-14)13(2,3)18-12(10)16/h9-10,12,15H,4-7H2,1-3H3/t9?,10?,12-/m0/s1. The molecule has 2 unspecified atom stereocenters. The molecule has 3 atom stereocenters. The average Bonchev–Trinajstić information content (AvgIpc) is 2.57. The van der Waals surface area contributed by atoms with Crippen LogP contribution in [0.15, 0.2) is 0 Å². The molecule has 4 nitrogen and oxygen atoms in total. The van der Waals surface area contributed by atoms with E-state index in [1.165, 1.54) is 12.8 Å². The van der Waals surface area contributed by atoms with Crippen molar-refractivity contribution >= 4 is 17.7 Å². The van der Waals surface area contributed by atoms with E-state index in [1.807, 2.05) is 13.8 Å². The van der Waals surface area contributed by atoms with E-state index in [9.17, 15) is 10.1 Å². The van der Waals surface area contributed by atoms with Crippen LogP contribution in [0.2, 0.25) is 0 Å². The van der Waals surface area contributed by atoms with Gasteiger partial charge in [-0.15, -0.1) is 11.8 Å². The van der Waals surface area contributed by atoms with Crippen LogP contribution in [0.25, 0.3) is 0 Å². The van der Waals surface area contributed by atoms with Crippen LogP contribution in [0.3, 0.4) is 0 Å². The Bertz CT molecular complexity index is 377.